The van der Waals surface area contributed by atoms with Gasteiger partial charge in [0.1, 0.15) is 5.52 Å². The standard InChI is InChI=1S/C28H28N4O4/c1-3-19(2)16-30-22-13-12-20(15-24(22)29-14-8-4-5-11-26(33)34)28(35)32-17-21(18-32)27-31-23-9-6-7-10-25(23)36-27/h3,6-7,9-10,12-16,21H,1-2,4-5,8,11,17-18H2,(H,33,34)/b29-14+,30-16+. The van der Waals surface area contributed by atoms with E-state index in [0.717, 1.165) is 11.1 Å². The number of aliphatic imine (C=N–C) groups is 2. The molecule has 0 aliphatic carbocycles. The first-order valence-electron chi connectivity index (χ1n) is 11.8. The molecule has 1 aliphatic heterocycles. The van der Waals surface area contributed by atoms with Gasteiger partial charge in [-0.05, 0) is 55.2 Å². The van der Waals surface area contributed by atoms with Crippen LogP contribution in [0.4, 0.5) is 11.4 Å². The van der Waals surface area contributed by atoms with Gasteiger partial charge in [0.2, 0.25) is 5.89 Å². The van der Waals surface area contributed by atoms with Crippen molar-refractivity contribution in [3.8, 4) is 0 Å². The van der Waals surface area contributed by atoms with Crippen LogP contribution in [0, 0.1) is 0 Å². The van der Waals surface area contributed by atoms with E-state index in [1.807, 2.05) is 24.3 Å². The van der Waals surface area contributed by atoms with E-state index < -0.39 is 5.97 Å². The van der Waals surface area contributed by atoms with Crippen LogP contribution in [0.15, 0.2) is 81.7 Å². The number of hydrogen-bond donors (Lipinski definition) is 1. The lowest BCUT2D eigenvalue weighted by Crippen LogP contribution is -2.48. The zero-order chi connectivity index (χ0) is 25.5. The highest BCUT2D eigenvalue weighted by molar-refractivity contribution is 5.97. The van der Waals surface area contributed by atoms with E-state index in [9.17, 15) is 9.59 Å². The zero-order valence-electron chi connectivity index (χ0n) is 20.0. The summed E-state index contributed by atoms with van der Waals surface area (Å²) in [6.07, 6.45) is 6.99. The third-order valence-electron chi connectivity index (χ3n) is 5.89. The predicted octanol–water partition coefficient (Wildman–Crippen LogP) is 5.86. The summed E-state index contributed by atoms with van der Waals surface area (Å²) in [7, 11) is 0. The Bertz CT molecular complexity index is 1320. The number of likely N-dealkylation sites (tertiary alicyclic amines) is 1. The summed E-state index contributed by atoms with van der Waals surface area (Å²) in [4.78, 5) is 39.1. The lowest BCUT2D eigenvalue weighted by atomic mass is 9.98. The maximum atomic E-state index is 13.1. The highest BCUT2D eigenvalue weighted by Crippen LogP contribution is 2.33. The van der Waals surface area contributed by atoms with Crippen molar-refractivity contribution in [3.05, 3.63) is 78.7 Å². The van der Waals surface area contributed by atoms with Crippen LogP contribution in [0.1, 0.15) is 47.8 Å². The number of unbranched alkanes of at least 4 members (excludes halogenated alkanes) is 2. The van der Waals surface area contributed by atoms with Crippen molar-refractivity contribution in [2.45, 2.75) is 31.6 Å². The summed E-state index contributed by atoms with van der Waals surface area (Å²) >= 11 is 0. The Labute approximate surface area is 209 Å². The maximum absolute atomic E-state index is 13.1. The van der Waals surface area contributed by atoms with Crippen LogP contribution in [-0.4, -0.2) is 52.4 Å². The van der Waals surface area contributed by atoms with Gasteiger partial charge in [-0.25, -0.2) is 4.98 Å². The number of hydrogen-bond acceptors (Lipinski definition) is 6. The average Bonchev–Trinajstić information content (AvgIpc) is 3.27. The van der Waals surface area contributed by atoms with Crippen LogP contribution in [-0.2, 0) is 4.79 Å². The normalized spacial score (nSPS) is 13.9. The number of aromatic nitrogens is 1. The number of oxazole rings is 1. The molecule has 8 heteroatoms. The molecule has 2 aromatic carbocycles. The van der Waals surface area contributed by atoms with Crippen LogP contribution in [0.3, 0.4) is 0 Å². The predicted molar refractivity (Wildman–Crippen MR) is 141 cm³/mol. The van der Waals surface area contributed by atoms with E-state index in [2.05, 4.69) is 28.1 Å². The Hall–Kier alpha value is -4.33. The number of fused-ring (bicyclic) bond motifs is 1. The van der Waals surface area contributed by atoms with E-state index >= 15 is 0 Å². The quantitative estimate of drug-likeness (QED) is 0.208. The zero-order valence-corrected chi connectivity index (χ0v) is 20.0. The fourth-order valence-corrected chi connectivity index (χ4v) is 3.80. The van der Waals surface area contributed by atoms with E-state index in [-0.39, 0.29) is 18.2 Å². The molecule has 1 saturated heterocycles. The Morgan fingerprint density at radius 1 is 1.14 bits per heavy atom. The number of carbonyl (C=O) groups excluding carboxylic acids is 1. The molecular formula is C28H28N4O4. The molecule has 1 N–H and O–H groups in total. The Morgan fingerprint density at radius 3 is 2.69 bits per heavy atom. The smallest absolute Gasteiger partial charge is 0.303 e. The fourth-order valence-electron chi connectivity index (χ4n) is 3.80. The minimum atomic E-state index is -0.804. The van der Waals surface area contributed by atoms with E-state index in [0.29, 0.717) is 60.8 Å². The Morgan fingerprint density at radius 2 is 1.94 bits per heavy atom. The summed E-state index contributed by atoms with van der Waals surface area (Å²) in [5, 5.41) is 8.77. The number of allylic oxidation sites excluding steroid dienone is 2. The second kappa shape index (κ2) is 11.4. The first kappa shape index (κ1) is 24.8. The van der Waals surface area contributed by atoms with Crippen LogP contribution < -0.4 is 0 Å². The molecular weight excluding hydrogens is 456 g/mol. The van der Waals surface area contributed by atoms with E-state index in [4.69, 9.17) is 9.52 Å². The molecule has 0 spiro atoms. The molecule has 4 rings (SSSR count). The topological polar surface area (TPSA) is 108 Å². The molecule has 0 radical (unpaired) electrons. The van der Waals surface area contributed by atoms with Gasteiger partial charge >= 0.3 is 5.97 Å². The lowest BCUT2D eigenvalue weighted by Gasteiger charge is -2.37. The molecule has 0 atom stereocenters. The summed E-state index contributed by atoms with van der Waals surface area (Å²) in [6, 6.07) is 12.8. The molecule has 36 heavy (non-hydrogen) atoms. The van der Waals surface area contributed by atoms with Crippen molar-refractivity contribution in [2.24, 2.45) is 9.98 Å². The van der Waals surface area contributed by atoms with Crippen molar-refractivity contribution in [1.29, 1.82) is 0 Å². The number of carboxylic acid groups (broad SMARTS) is 1. The fraction of sp³-hybridized carbons (Fsp3) is 0.250. The second-order valence-electron chi connectivity index (χ2n) is 8.62. The first-order valence-corrected chi connectivity index (χ1v) is 11.8. The third-order valence-corrected chi connectivity index (χ3v) is 5.89. The van der Waals surface area contributed by atoms with E-state index in [1.54, 1.807) is 41.6 Å². The molecule has 8 nitrogen and oxygen atoms in total. The van der Waals surface area contributed by atoms with Crippen LogP contribution >= 0.6 is 0 Å². The number of para-hydroxylation sites is 2. The largest absolute Gasteiger partial charge is 0.481 e. The SMILES string of the molecule is C=CC(=C)/C=N/c1ccc(C(=O)N2CC(c3nc4ccccc4o3)C2)cc1/N=C/CCCCC(=O)O. The minimum absolute atomic E-state index is 0.0680. The van der Waals surface area contributed by atoms with Crippen LogP contribution in [0.25, 0.3) is 11.1 Å². The number of amides is 1. The van der Waals surface area contributed by atoms with Crippen LogP contribution in [0.2, 0.25) is 0 Å². The highest BCUT2D eigenvalue weighted by Gasteiger charge is 2.35. The number of nitrogens with zero attached hydrogens (tertiary/aromatic N) is 4. The van der Waals surface area contributed by atoms with Crippen molar-refractivity contribution in [2.75, 3.05) is 13.1 Å². The van der Waals surface area contributed by atoms with Gasteiger partial charge in [-0.3, -0.25) is 19.6 Å². The first-order chi connectivity index (χ1) is 17.4. The third kappa shape index (κ3) is 6.02. The summed E-state index contributed by atoms with van der Waals surface area (Å²) < 4.78 is 5.85. The van der Waals surface area contributed by atoms with Gasteiger partial charge in [-0.2, -0.15) is 0 Å². The summed E-state index contributed by atoms with van der Waals surface area (Å²) in [5.74, 6) is -0.174. The van der Waals surface area contributed by atoms with E-state index in [1.165, 1.54) is 0 Å². The molecule has 1 amide bonds. The number of carbonyl (C=O) groups is 2. The van der Waals surface area contributed by atoms with Gasteiger partial charge in [0.15, 0.2) is 5.58 Å². The molecule has 184 valence electrons. The number of rotatable bonds is 11. The molecule has 1 fully saturated rings. The van der Waals surface area contributed by atoms with Crippen LogP contribution in [0.5, 0.6) is 0 Å². The number of carboxylic acids is 1. The molecule has 1 aliphatic rings. The molecule has 2 heterocycles. The second-order valence-corrected chi connectivity index (χ2v) is 8.62. The number of aliphatic carboxylic acids is 1. The minimum Gasteiger partial charge on any atom is -0.481 e. The lowest BCUT2D eigenvalue weighted by molar-refractivity contribution is -0.137. The summed E-state index contributed by atoms with van der Waals surface area (Å²) in [6.45, 7) is 8.58. The van der Waals surface area contributed by atoms with Crippen molar-refractivity contribution in [1.82, 2.24) is 9.88 Å². The van der Waals surface area contributed by atoms with Crippen molar-refractivity contribution < 1.29 is 19.1 Å². The van der Waals surface area contributed by atoms with Gasteiger partial charge in [0.25, 0.3) is 5.91 Å². The Balaban J connectivity index is 1.44. The molecule has 0 saturated carbocycles. The molecule has 0 unspecified atom stereocenters. The van der Waals surface area contributed by atoms with Gasteiger partial charge < -0.3 is 14.4 Å². The van der Waals surface area contributed by atoms with Crippen molar-refractivity contribution in [3.63, 3.8) is 0 Å². The van der Waals surface area contributed by atoms with Gasteiger partial charge in [-0.15, -0.1) is 0 Å². The number of benzene rings is 2. The summed E-state index contributed by atoms with van der Waals surface area (Å²) in [5.41, 5.74) is 3.90. The highest BCUT2D eigenvalue weighted by atomic mass is 16.4. The Kier molecular flexibility index (Phi) is 7.85. The average molecular weight is 485 g/mol. The molecule has 3 aromatic rings. The molecule has 1 aromatic heterocycles. The van der Waals surface area contributed by atoms with Gasteiger partial charge in [-0.1, -0.05) is 31.4 Å². The maximum Gasteiger partial charge on any atom is 0.303 e. The monoisotopic (exact) mass is 484 g/mol. The van der Waals surface area contributed by atoms with Crippen molar-refractivity contribution >= 4 is 46.8 Å². The van der Waals surface area contributed by atoms with Gasteiger partial charge in [0.05, 0.1) is 17.3 Å². The molecule has 0 bridgehead atoms. The van der Waals surface area contributed by atoms with Gasteiger partial charge in [0, 0.05) is 37.5 Å².